The molecular formula is C29H33N3O5S. The molecular weight excluding hydrogens is 502 g/mol. The summed E-state index contributed by atoms with van der Waals surface area (Å²) in [6, 6.07) is 14.3. The Labute approximate surface area is 227 Å². The molecule has 38 heavy (non-hydrogen) atoms. The summed E-state index contributed by atoms with van der Waals surface area (Å²) in [5.74, 6) is -0.371. The van der Waals surface area contributed by atoms with E-state index in [2.05, 4.69) is 29.7 Å². The molecule has 0 radical (unpaired) electrons. The van der Waals surface area contributed by atoms with Crippen LogP contribution in [0.4, 0.5) is 5.00 Å². The molecule has 2 N–H and O–H groups in total. The van der Waals surface area contributed by atoms with E-state index in [1.807, 2.05) is 38.1 Å². The predicted molar refractivity (Wildman–Crippen MR) is 151 cm³/mol. The van der Waals surface area contributed by atoms with Gasteiger partial charge in [-0.1, -0.05) is 38.1 Å². The number of thiophene rings is 1. The number of benzene rings is 2. The van der Waals surface area contributed by atoms with Crippen molar-refractivity contribution in [3.05, 3.63) is 81.2 Å². The first kappa shape index (κ1) is 28.6. The summed E-state index contributed by atoms with van der Waals surface area (Å²) in [6.45, 7) is 11.6. The Bertz CT molecular complexity index is 1310. The SMILES string of the molecule is CCOC(=O)c1c(NC(=O)c2ccc(OC(C)C(=O)NN=Cc3ccc(C(C)C)cc3)cc2)sc(C)c1C. The van der Waals surface area contributed by atoms with E-state index in [0.717, 1.165) is 16.0 Å². The van der Waals surface area contributed by atoms with Crippen molar-refractivity contribution in [2.45, 2.75) is 53.6 Å². The van der Waals surface area contributed by atoms with Gasteiger partial charge in [-0.2, -0.15) is 5.10 Å². The van der Waals surface area contributed by atoms with Gasteiger partial charge < -0.3 is 14.8 Å². The first-order chi connectivity index (χ1) is 18.1. The first-order valence-corrected chi connectivity index (χ1v) is 13.2. The van der Waals surface area contributed by atoms with Crippen LogP contribution in [0.25, 0.3) is 0 Å². The normalized spacial score (nSPS) is 11.9. The summed E-state index contributed by atoms with van der Waals surface area (Å²) in [5.41, 5.74) is 6.12. The van der Waals surface area contributed by atoms with Crippen LogP contribution >= 0.6 is 11.3 Å². The molecule has 8 nitrogen and oxygen atoms in total. The molecule has 0 bridgehead atoms. The quantitative estimate of drug-likeness (QED) is 0.193. The molecule has 1 aromatic heterocycles. The number of aryl methyl sites for hydroxylation is 1. The van der Waals surface area contributed by atoms with E-state index in [1.54, 1.807) is 44.3 Å². The molecule has 0 spiro atoms. The molecule has 2 amide bonds. The zero-order chi connectivity index (χ0) is 27.8. The van der Waals surface area contributed by atoms with Gasteiger partial charge in [0.2, 0.25) is 0 Å². The molecule has 0 saturated carbocycles. The maximum Gasteiger partial charge on any atom is 0.341 e. The van der Waals surface area contributed by atoms with Crippen molar-refractivity contribution in [2.75, 3.05) is 11.9 Å². The number of esters is 1. The topological polar surface area (TPSA) is 106 Å². The summed E-state index contributed by atoms with van der Waals surface area (Å²) in [7, 11) is 0. The molecule has 0 aliphatic rings. The summed E-state index contributed by atoms with van der Waals surface area (Å²) in [6.07, 6.45) is 0.769. The minimum Gasteiger partial charge on any atom is -0.481 e. The molecule has 0 aliphatic heterocycles. The third kappa shape index (κ3) is 7.29. The Morgan fingerprint density at radius 2 is 1.66 bits per heavy atom. The van der Waals surface area contributed by atoms with Gasteiger partial charge in [-0.25, -0.2) is 10.2 Å². The van der Waals surface area contributed by atoms with Gasteiger partial charge in [0.25, 0.3) is 11.8 Å². The molecule has 3 aromatic rings. The van der Waals surface area contributed by atoms with Gasteiger partial charge in [-0.05, 0) is 74.6 Å². The number of rotatable bonds is 10. The van der Waals surface area contributed by atoms with Crippen molar-refractivity contribution >= 4 is 40.3 Å². The minimum atomic E-state index is -0.806. The molecule has 2 aromatic carbocycles. The second-order valence-corrected chi connectivity index (χ2v) is 10.2. The third-order valence-electron chi connectivity index (χ3n) is 5.88. The molecule has 1 unspecified atom stereocenters. The lowest BCUT2D eigenvalue weighted by molar-refractivity contribution is -0.127. The number of hydrogen-bond acceptors (Lipinski definition) is 7. The van der Waals surface area contributed by atoms with Crippen LogP contribution in [0.5, 0.6) is 5.75 Å². The van der Waals surface area contributed by atoms with E-state index in [-0.39, 0.29) is 12.5 Å². The second-order valence-electron chi connectivity index (χ2n) is 9.00. The smallest absolute Gasteiger partial charge is 0.341 e. The highest BCUT2D eigenvalue weighted by atomic mass is 32.1. The molecule has 3 rings (SSSR count). The van der Waals surface area contributed by atoms with Crippen LogP contribution in [0, 0.1) is 13.8 Å². The maximum atomic E-state index is 12.8. The Hall–Kier alpha value is -3.98. The highest BCUT2D eigenvalue weighted by Crippen LogP contribution is 2.33. The number of nitrogens with zero attached hydrogens (tertiary/aromatic N) is 1. The lowest BCUT2D eigenvalue weighted by Gasteiger charge is -2.13. The van der Waals surface area contributed by atoms with Crippen molar-refractivity contribution in [2.24, 2.45) is 5.10 Å². The van der Waals surface area contributed by atoms with Crippen LogP contribution in [0.2, 0.25) is 0 Å². The number of anilines is 1. The fraction of sp³-hybridized carbons (Fsp3) is 0.310. The van der Waals surface area contributed by atoms with Crippen LogP contribution in [0.3, 0.4) is 0 Å². The molecule has 0 saturated heterocycles. The van der Waals surface area contributed by atoms with E-state index in [0.29, 0.717) is 27.8 Å². The summed E-state index contributed by atoms with van der Waals surface area (Å²) in [4.78, 5) is 38.5. The van der Waals surface area contributed by atoms with E-state index < -0.39 is 18.0 Å². The zero-order valence-corrected chi connectivity index (χ0v) is 23.3. The van der Waals surface area contributed by atoms with Crippen LogP contribution < -0.4 is 15.5 Å². The minimum absolute atomic E-state index is 0.247. The fourth-order valence-corrected chi connectivity index (χ4v) is 4.55. The monoisotopic (exact) mass is 535 g/mol. The summed E-state index contributed by atoms with van der Waals surface area (Å²) in [5, 5.41) is 7.26. The molecule has 0 fully saturated rings. The Balaban J connectivity index is 1.56. The average Bonchev–Trinajstić information content (AvgIpc) is 3.17. The summed E-state index contributed by atoms with van der Waals surface area (Å²) < 4.78 is 10.8. The van der Waals surface area contributed by atoms with Crippen LogP contribution in [-0.2, 0) is 9.53 Å². The van der Waals surface area contributed by atoms with Crippen LogP contribution in [0.15, 0.2) is 53.6 Å². The maximum absolute atomic E-state index is 12.8. The molecule has 1 heterocycles. The predicted octanol–water partition coefficient (Wildman–Crippen LogP) is 5.83. The largest absolute Gasteiger partial charge is 0.481 e. The molecule has 9 heteroatoms. The molecule has 200 valence electrons. The lowest BCUT2D eigenvalue weighted by atomic mass is 10.0. The Morgan fingerprint density at radius 1 is 1.00 bits per heavy atom. The number of nitrogens with one attached hydrogen (secondary N) is 2. The van der Waals surface area contributed by atoms with Crippen molar-refractivity contribution < 1.29 is 23.9 Å². The van der Waals surface area contributed by atoms with Crippen LogP contribution in [0.1, 0.15) is 75.9 Å². The van der Waals surface area contributed by atoms with E-state index >= 15 is 0 Å². The molecule has 0 aliphatic carbocycles. The van der Waals surface area contributed by atoms with Gasteiger partial charge in [0.1, 0.15) is 10.8 Å². The molecule has 1 atom stereocenters. The second kappa shape index (κ2) is 13.0. The Morgan fingerprint density at radius 3 is 2.26 bits per heavy atom. The average molecular weight is 536 g/mol. The lowest BCUT2D eigenvalue weighted by Crippen LogP contribution is -2.33. The van der Waals surface area contributed by atoms with Gasteiger partial charge in [0, 0.05) is 10.4 Å². The van der Waals surface area contributed by atoms with Crippen molar-refractivity contribution in [1.29, 1.82) is 0 Å². The number of ether oxygens (including phenoxy) is 2. The van der Waals surface area contributed by atoms with Gasteiger partial charge in [0.15, 0.2) is 6.10 Å². The van der Waals surface area contributed by atoms with Crippen molar-refractivity contribution in [3.8, 4) is 5.75 Å². The highest BCUT2D eigenvalue weighted by molar-refractivity contribution is 7.16. The van der Waals surface area contributed by atoms with Crippen molar-refractivity contribution in [1.82, 2.24) is 5.43 Å². The van der Waals surface area contributed by atoms with E-state index in [4.69, 9.17) is 9.47 Å². The van der Waals surface area contributed by atoms with Crippen molar-refractivity contribution in [3.63, 3.8) is 0 Å². The third-order valence-corrected chi connectivity index (χ3v) is 7.00. The standard InChI is InChI=1S/C29H33N3O5S/c1-7-36-29(35)25-18(4)20(6)38-28(25)31-27(34)23-12-14-24(15-13-23)37-19(5)26(33)32-30-16-21-8-10-22(11-9-21)17(2)3/h8-17,19H,7H2,1-6H3,(H,31,34)(H,32,33). The fourth-order valence-electron chi connectivity index (χ4n) is 3.51. The number of carbonyl (C=O) groups is 3. The highest BCUT2D eigenvalue weighted by Gasteiger charge is 2.22. The van der Waals surface area contributed by atoms with Crippen LogP contribution in [-0.4, -0.2) is 36.7 Å². The first-order valence-electron chi connectivity index (χ1n) is 12.4. The van der Waals surface area contributed by atoms with Gasteiger partial charge in [-0.15, -0.1) is 11.3 Å². The zero-order valence-electron chi connectivity index (χ0n) is 22.5. The van der Waals surface area contributed by atoms with Gasteiger partial charge >= 0.3 is 5.97 Å². The van der Waals surface area contributed by atoms with E-state index in [9.17, 15) is 14.4 Å². The number of amides is 2. The van der Waals surface area contributed by atoms with Gasteiger partial charge in [0.05, 0.1) is 18.4 Å². The Kier molecular flexibility index (Phi) is 9.78. The summed E-state index contributed by atoms with van der Waals surface area (Å²) >= 11 is 1.33. The number of hydrazone groups is 1. The number of carbonyl (C=O) groups excluding carboxylic acids is 3. The number of hydrogen-bond donors (Lipinski definition) is 2. The van der Waals surface area contributed by atoms with Gasteiger partial charge in [-0.3, -0.25) is 9.59 Å². The van der Waals surface area contributed by atoms with E-state index in [1.165, 1.54) is 16.9 Å².